The van der Waals surface area contributed by atoms with Gasteiger partial charge in [-0.3, -0.25) is 10.2 Å². The fraction of sp³-hybridized carbons (Fsp3) is 0.480. The molecule has 0 saturated heterocycles. The number of aliphatic hydroxyl groups is 1. The van der Waals surface area contributed by atoms with Crippen molar-refractivity contribution in [1.82, 2.24) is 10.2 Å². The van der Waals surface area contributed by atoms with Gasteiger partial charge in [-0.2, -0.15) is 0 Å². The van der Waals surface area contributed by atoms with E-state index in [2.05, 4.69) is 23.8 Å². The number of likely N-dealkylation sites (N-methyl/N-ethyl adjacent to an activating group) is 1. The number of carbonyl (C=O) groups is 1. The first kappa shape index (κ1) is 27.2. The summed E-state index contributed by atoms with van der Waals surface area (Å²) in [6.07, 6.45) is 11.5. The third-order valence-corrected chi connectivity index (χ3v) is 5.14. The molecular formula is C25H37FN4O2. The van der Waals surface area contributed by atoms with Gasteiger partial charge >= 0.3 is 0 Å². The Morgan fingerprint density at radius 1 is 1.50 bits per heavy atom. The zero-order valence-electron chi connectivity index (χ0n) is 19.7. The number of hydrogen-bond donors (Lipinski definition) is 3. The molecule has 0 spiro atoms. The maximum Gasteiger partial charge on any atom is 0.253 e. The number of aliphatic hydroxyl groups excluding tert-OH is 1. The molecule has 7 heteroatoms. The van der Waals surface area contributed by atoms with Gasteiger partial charge in [0.15, 0.2) is 5.84 Å². The van der Waals surface area contributed by atoms with Crippen LogP contribution in [-0.2, 0) is 4.79 Å². The summed E-state index contributed by atoms with van der Waals surface area (Å²) in [7, 11) is 1.70. The number of hydrogen-bond acceptors (Lipinski definition) is 4. The van der Waals surface area contributed by atoms with Gasteiger partial charge in [-0.1, -0.05) is 37.6 Å². The molecule has 1 amide bonds. The molecule has 0 aromatic carbocycles. The van der Waals surface area contributed by atoms with E-state index in [0.29, 0.717) is 29.9 Å². The van der Waals surface area contributed by atoms with E-state index in [-0.39, 0.29) is 24.4 Å². The smallest absolute Gasteiger partial charge is 0.253 e. The molecule has 3 N–H and O–H groups in total. The number of nitrogens with zero attached hydrogens (tertiary/aromatic N) is 2. The lowest BCUT2D eigenvalue weighted by Gasteiger charge is -2.31. The molecule has 0 aromatic heterocycles. The van der Waals surface area contributed by atoms with E-state index in [1.807, 2.05) is 13.0 Å². The molecule has 32 heavy (non-hydrogen) atoms. The van der Waals surface area contributed by atoms with Crippen molar-refractivity contribution in [3.05, 3.63) is 59.6 Å². The van der Waals surface area contributed by atoms with Crippen molar-refractivity contribution in [2.45, 2.75) is 58.9 Å². The number of carbonyl (C=O) groups excluding carboxylic acids is 1. The highest BCUT2D eigenvalue weighted by molar-refractivity contribution is 6.05. The second-order valence-corrected chi connectivity index (χ2v) is 7.77. The van der Waals surface area contributed by atoms with Crippen LogP contribution in [0.4, 0.5) is 4.39 Å². The fourth-order valence-electron chi connectivity index (χ4n) is 3.47. The van der Waals surface area contributed by atoms with Gasteiger partial charge in [-0.15, -0.1) is 0 Å². The molecule has 0 aliphatic carbocycles. The average Bonchev–Trinajstić information content (AvgIpc) is 2.91. The van der Waals surface area contributed by atoms with Crippen LogP contribution >= 0.6 is 0 Å². The first-order valence-corrected chi connectivity index (χ1v) is 11.1. The lowest BCUT2D eigenvalue weighted by Crippen LogP contribution is -2.41. The maximum atomic E-state index is 13.5. The predicted octanol–water partition coefficient (Wildman–Crippen LogP) is 4.61. The van der Waals surface area contributed by atoms with Gasteiger partial charge in [0.05, 0.1) is 12.3 Å². The lowest BCUT2D eigenvalue weighted by atomic mass is 10.0. The van der Waals surface area contributed by atoms with Crippen LogP contribution in [0.25, 0.3) is 0 Å². The lowest BCUT2D eigenvalue weighted by molar-refractivity contribution is -0.129. The Morgan fingerprint density at radius 3 is 2.78 bits per heavy atom. The monoisotopic (exact) mass is 444 g/mol. The molecule has 6 nitrogen and oxygen atoms in total. The minimum absolute atomic E-state index is 0.00260. The summed E-state index contributed by atoms with van der Waals surface area (Å²) in [5.41, 5.74) is 2.17. The highest BCUT2D eigenvalue weighted by Gasteiger charge is 2.27. The quantitative estimate of drug-likeness (QED) is 0.247. The first-order valence-electron chi connectivity index (χ1n) is 11.1. The molecule has 1 aliphatic heterocycles. The number of allylic oxidation sites excluding steroid dienone is 6. The predicted molar refractivity (Wildman–Crippen MR) is 131 cm³/mol. The van der Waals surface area contributed by atoms with Crippen LogP contribution in [0, 0.1) is 5.41 Å². The molecule has 0 bridgehead atoms. The van der Waals surface area contributed by atoms with E-state index in [1.54, 1.807) is 24.9 Å². The van der Waals surface area contributed by atoms with Gasteiger partial charge in [-0.05, 0) is 51.3 Å². The van der Waals surface area contributed by atoms with E-state index in [9.17, 15) is 14.3 Å². The summed E-state index contributed by atoms with van der Waals surface area (Å²) >= 11 is 0. The van der Waals surface area contributed by atoms with Crippen LogP contribution in [0.5, 0.6) is 0 Å². The van der Waals surface area contributed by atoms with Gasteiger partial charge in [0, 0.05) is 37.3 Å². The Morgan fingerprint density at radius 2 is 2.22 bits per heavy atom. The number of rotatable bonds is 11. The molecule has 0 fully saturated rings. The van der Waals surface area contributed by atoms with Crippen molar-refractivity contribution >= 4 is 17.5 Å². The van der Waals surface area contributed by atoms with Crippen molar-refractivity contribution in [2.75, 3.05) is 20.2 Å². The topological polar surface area (TPSA) is 88.8 Å². The van der Waals surface area contributed by atoms with Crippen molar-refractivity contribution in [1.29, 1.82) is 5.41 Å². The zero-order chi connectivity index (χ0) is 24.1. The summed E-state index contributed by atoms with van der Waals surface area (Å²) in [4.78, 5) is 19.3. The van der Waals surface area contributed by atoms with Crippen LogP contribution < -0.4 is 5.32 Å². The largest absolute Gasteiger partial charge is 0.390 e. The SMILES string of the molecule is C=C(C)/C=C(\NC)C(=N)N=C(CO)CCN1C(=O)C(/C=C\C(F)=C/C)=CCC[C@@H]1CCC. The van der Waals surface area contributed by atoms with Crippen LogP contribution in [0.1, 0.15) is 52.9 Å². The molecule has 0 unspecified atom stereocenters. The van der Waals surface area contributed by atoms with E-state index in [4.69, 9.17) is 5.41 Å². The van der Waals surface area contributed by atoms with Crippen LogP contribution in [0.2, 0.25) is 0 Å². The van der Waals surface area contributed by atoms with Gasteiger partial charge in [0.1, 0.15) is 5.83 Å². The van der Waals surface area contributed by atoms with E-state index < -0.39 is 5.83 Å². The summed E-state index contributed by atoms with van der Waals surface area (Å²) < 4.78 is 13.5. The van der Waals surface area contributed by atoms with Crippen LogP contribution in [-0.4, -0.2) is 53.7 Å². The zero-order valence-corrected chi connectivity index (χ0v) is 19.7. The summed E-state index contributed by atoms with van der Waals surface area (Å²) in [5, 5.41) is 20.9. The first-order chi connectivity index (χ1) is 15.3. The maximum absolute atomic E-state index is 13.5. The number of amides is 1. The van der Waals surface area contributed by atoms with Crippen molar-refractivity contribution in [2.24, 2.45) is 4.99 Å². The molecule has 1 rings (SSSR count). The highest BCUT2D eigenvalue weighted by Crippen LogP contribution is 2.23. The molecule has 0 saturated carbocycles. The fourth-order valence-corrected chi connectivity index (χ4v) is 3.47. The number of nitrogens with one attached hydrogen (secondary N) is 2. The Labute approximate surface area is 191 Å². The summed E-state index contributed by atoms with van der Waals surface area (Å²) in [6.45, 7) is 9.38. The van der Waals surface area contributed by atoms with E-state index in [1.165, 1.54) is 18.2 Å². The van der Waals surface area contributed by atoms with Gasteiger partial charge in [-0.25, -0.2) is 9.38 Å². The molecule has 0 aromatic rings. The Hall–Kier alpha value is -2.80. The molecule has 1 aliphatic rings. The second-order valence-electron chi connectivity index (χ2n) is 7.77. The highest BCUT2D eigenvalue weighted by atomic mass is 19.1. The third-order valence-electron chi connectivity index (χ3n) is 5.14. The Bertz CT molecular complexity index is 837. The molecular weight excluding hydrogens is 407 g/mol. The minimum Gasteiger partial charge on any atom is -0.390 e. The number of aliphatic imine (C=N–C) groups is 1. The van der Waals surface area contributed by atoms with Gasteiger partial charge in [0.2, 0.25) is 0 Å². The van der Waals surface area contributed by atoms with E-state index >= 15 is 0 Å². The number of halogens is 1. The van der Waals surface area contributed by atoms with Crippen molar-refractivity contribution in [3.63, 3.8) is 0 Å². The van der Waals surface area contributed by atoms with E-state index in [0.717, 1.165) is 31.3 Å². The van der Waals surface area contributed by atoms with Crippen LogP contribution in [0.3, 0.4) is 0 Å². The number of amidine groups is 1. The average molecular weight is 445 g/mol. The van der Waals surface area contributed by atoms with Crippen molar-refractivity contribution in [3.8, 4) is 0 Å². The standard InChI is InChI=1S/C25H37FN4O2/c1-6-9-22-11-8-10-19(12-13-20(26)7-2)25(32)30(22)15-14-21(17-31)29-24(27)23(28-5)16-18(3)4/h7,10,12-13,16,22,27-28,31H,3,6,8-9,11,14-15,17H2,1-2,4-5H3/b13-12-,20-7+,23-16-,27-24?,29-21?/t22-/m0/s1. The van der Waals surface area contributed by atoms with Crippen LogP contribution in [0.15, 0.2) is 64.6 Å². The second kappa shape index (κ2) is 14.3. The molecule has 176 valence electrons. The van der Waals surface area contributed by atoms with Gasteiger partial charge in [0.25, 0.3) is 5.91 Å². The molecule has 1 heterocycles. The summed E-state index contributed by atoms with van der Waals surface area (Å²) in [5.74, 6) is -0.542. The molecule has 0 radical (unpaired) electrons. The Balaban J connectivity index is 3.07. The van der Waals surface area contributed by atoms with Crippen molar-refractivity contribution < 1.29 is 14.3 Å². The normalized spacial score (nSPS) is 18.6. The molecule has 1 atom stereocenters. The third kappa shape index (κ3) is 8.75. The Kier molecular flexibility index (Phi) is 12.2. The minimum atomic E-state index is -0.393. The van der Waals surface area contributed by atoms with Gasteiger partial charge < -0.3 is 15.3 Å². The summed E-state index contributed by atoms with van der Waals surface area (Å²) in [6, 6.07) is 0.0665.